The van der Waals surface area contributed by atoms with E-state index in [2.05, 4.69) is 9.97 Å². The van der Waals surface area contributed by atoms with Crippen LogP contribution >= 0.6 is 0 Å². The lowest BCUT2D eigenvalue weighted by molar-refractivity contribution is -0.155. The summed E-state index contributed by atoms with van der Waals surface area (Å²) in [4.78, 5) is 21.0. The number of likely N-dealkylation sites (tertiary alicyclic amines) is 1. The van der Waals surface area contributed by atoms with Gasteiger partial charge in [0.15, 0.2) is 0 Å². The molecule has 6 nitrogen and oxygen atoms in total. The van der Waals surface area contributed by atoms with Gasteiger partial charge in [0, 0.05) is 32.9 Å². The maximum absolute atomic E-state index is 12.3. The minimum atomic E-state index is -0.182. The fourth-order valence-corrected chi connectivity index (χ4v) is 3.23. The molecule has 2 aliphatic rings. The van der Waals surface area contributed by atoms with Gasteiger partial charge in [-0.2, -0.15) is 0 Å². The Morgan fingerprint density at radius 2 is 2.52 bits per heavy atom. The Hall–Kier alpha value is -1.66. The number of carbonyl (C=O) groups excluding carboxylic acids is 1. The summed E-state index contributed by atoms with van der Waals surface area (Å²) in [6.45, 7) is 2.10. The van der Waals surface area contributed by atoms with Crippen LogP contribution in [0.25, 0.3) is 6.08 Å². The molecule has 0 aliphatic carbocycles. The van der Waals surface area contributed by atoms with E-state index in [4.69, 9.17) is 9.47 Å². The Balaban J connectivity index is 1.63. The van der Waals surface area contributed by atoms with Crippen LogP contribution in [-0.2, 0) is 14.3 Å². The fraction of sp³-hybridized carbons (Fsp3) is 0.600. The Labute approximate surface area is 124 Å². The minimum absolute atomic E-state index is 0.000466. The van der Waals surface area contributed by atoms with E-state index in [0.29, 0.717) is 13.1 Å². The van der Waals surface area contributed by atoms with E-state index in [0.717, 1.165) is 31.6 Å². The number of hydrogen-bond acceptors (Lipinski definition) is 4. The molecule has 0 radical (unpaired) electrons. The van der Waals surface area contributed by atoms with E-state index in [-0.39, 0.29) is 17.6 Å². The predicted octanol–water partition coefficient (Wildman–Crippen LogP) is 1.22. The van der Waals surface area contributed by atoms with Crippen molar-refractivity contribution in [1.29, 1.82) is 0 Å². The highest BCUT2D eigenvalue weighted by molar-refractivity contribution is 5.91. The lowest BCUT2D eigenvalue weighted by Gasteiger charge is -2.44. The van der Waals surface area contributed by atoms with E-state index < -0.39 is 0 Å². The van der Waals surface area contributed by atoms with Gasteiger partial charge in [0.05, 0.1) is 23.8 Å². The van der Waals surface area contributed by atoms with E-state index in [1.54, 1.807) is 31.8 Å². The number of hydrogen-bond donors (Lipinski definition) is 1. The number of imidazole rings is 1. The van der Waals surface area contributed by atoms with E-state index >= 15 is 0 Å². The molecule has 1 N–H and O–H groups in total. The highest BCUT2D eigenvalue weighted by Gasteiger charge is 2.47. The Morgan fingerprint density at radius 1 is 1.62 bits per heavy atom. The molecule has 2 unspecified atom stereocenters. The molecule has 0 bridgehead atoms. The maximum atomic E-state index is 12.3. The van der Waals surface area contributed by atoms with Crippen LogP contribution in [0.15, 0.2) is 18.6 Å². The molecule has 0 saturated carbocycles. The van der Waals surface area contributed by atoms with Crippen molar-refractivity contribution in [3.8, 4) is 0 Å². The Kier molecular flexibility index (Phi) is 4.07. The second-order valence-corrected chi connectivity index (χ2v) is 5.62. The van der Waals surface area contributed by atoms with Gasteiger partial charge >= 0.3 is 0 Å². The summed E-state index contributed by atoms with van der Waals surface area (Å²) in [5, 5.41) is 0. The van der Waals surface area contributed by atoms with E-state index in [9.17, 15) is 4.79 Å². The lowest BCUT2D eigenvalue weighted by Crippen LogP contribution is -2.57. The number of aromatic nitrogens is 2. The van der Waals surface area contributed by atoms with Crippen LogP contribution in [0.5, 0.6) is 0 Å². The largest absolute Gasteiger partial charge is 0.377 e. The van der Waals surface area contributed by atoms with Crippen LogP contribution in [-0.4, -0.2) is 59.3 Å². The first-order valence-corrected chi connectivity index (χ1v) is 7.36. The van der Waals surface area contributed by atoms with Crippen molar-refractivity contribution in [1.82, 2.24) is 14.9 Å². The molecule has 2 fully saturated rings. The number of nitrogens with one attached hydrogen (secondary N) is 1. The van der Waals surface area contributed by atoms with Crippen molar-refractivity contribution in [2.45, 2.75) is 31.0 Å². The smallest absolute Gasteiger partial charge is 0.246 e. The summed E-state index contributed by atoms with van der Waals surface area (Å²) in [6.07, 6.45) is 9.49. The first-order valence-electron chi connectivity index (χ1n) is 7.36. The van der Waals surface area contributed by atoms with E-state index in [1.165, 1.54) is 0 Å². The minimum Gasteiger partial charge on any atom is -0.377 e. The van der Waals surface area contributed by atoms with Gasteiger partial charge in [-0.3, -0.25) is 4.79 Å². The third-order valence-corrected chi connectivity index (χ3v) is 4.43. The number of amides is 1. The zero-order valence-electron chi connectivity index (χ0n) is 12.2. The Bertz CT molecular complexity index is 506. The number of rotatable bonds is 3. The zero-order valence-corrected chi connectivity index (χ0v) is 12.2. The van der Waals surface area contributed by atoms with Crippen LogP contribution in [0.1, 0.15) is 25.0 Å². The number of aromatic amines is 1. The van der Waals surface area contributed by atoms with Crippen molar-refractivity contribution in [2.24, 2.45) is 0 Å². The zero-order chi connectivity index (χ0) is 14.7. The fourth-order valence-electron chi connectivity index (χ4n) is 3.23. The molecule has 2 saturated heterocycles. The second-order valence-electron chi connectivity index (χ2n) is 5.62. The topological polar surface area (TPSA) is 67.5 Å². The van der Waals surface area contributed by atoms with Crippen LogP contribution < -0.4 is 0 Å². The van der Waals surface area contributed by atoms with Crippen molar-refractivity contribution < 1.29 is 14.3 Å². The molecule has 0 aromatic carbocycles. The molecule has 2 aliphatic heterocycles. The van der Waals surface area contributed by atoms with Gasteiger partial charge in [-0.15, -0.1) is 0 Å². The van der Waals surface area contributed by atoms with Crippen LogP contribution in [0.4, 0.5) is 0 Å². The van der Waals surface area contributed by atoms with Gasteiger partial charge in [-0.05, 0) is 25.3 Å². The molecule has 114 valence electrons. The molecule has 1 spiro atoms. The monoisotopic (exact) mass is 291 g/mol. The summed E-state index contributed by atoms with van der Waals surface area (Å²) in [5.41, 5.74) is 0.637. The molecule has 6 heteroatoms. The highest BCUT2D eigenvalue weighted by Crippen LogP contribution is 2.37. The van der Waals surface area contributed by atoms with Crippen LogP contribution in [0.3, 0.4) is 0 Å². The average molecular weight is 291 g/mol. The van der Waals surface area contributed by atoms with Crippen molar-refractivity contribution >= 4 is 12.0 Å². The molecule has 2 atom stereocenters. The van der Waals surface area contributed by atoms with Gasteiger partial charge in [-0.1, -0.05) is 0 Å². The normalized spacial score (nSPS) is 29.6. The molecule has 1 aromatic rings. The van der Waals surface area contributed by atoms with Crippen molar-refractivity contribution in [2.75, 3.05) is 26.8 Å². The maximum Gasteiger partial charge on any atom is 0.246 e. The third-order valence-electron chi connectivity index (χ3n) is 4.43. The number of H-pyrrole nitrogens is 1. The molecular weight excluding hydrogens is 270 g/mol. The second kappa shape index (κ2) is 5.99. The summed E-state index contributed by atoms with van der Waals surface area (Å²) in [6, 6.07) is 0. The third kappa shape index (κ3) is 2.87. The number of carbonyl (C=O) groups is 1. The standard InChI is InChI=1S/C15H21N3O3/c1-20-13-10-18(7-6-15(13)5-2-8-21-15)14(19)4-3-12-9-16-11-17-12/h3-4,9,11,13H,2,5-8,10H2,1H3,(H,16,17). The molecule has 21 heavy (non-hydrogen) atoms. The van der Waals surface area contributed by atoms with Crippen LogP contribution in [0.2, 0.25) is 0 Å². The summed E-state index contributed by atoms with van der Waals surface area (Å²) >= 11 is 0. The summed E-state index contributed by atoms with van der Waals surface area (Å²) in [7, 11) is 1.70. The van der Waals surface area contributed by atoms with Gasteiger partial charge in [0.2, 0.25) is 5.91 Å². The first-order chi connectivity index (χ1) is 10.2. The predicted molar refractivity (Wildman–Crippen MR) is 77.5 cm³/mol. The Morgan fingerprint density at radius 3 is 3.19 bits per heavy atom. The van der Waals surface area contributed by atoms with Gasteiger partial charge in [-0.25, -0.2) is 4.98 Å². The average Bonchev–Trinajstić information content (AvgIpc) is 3.17. The van der Waals surface area contributed by atoms with Gasteiger partial charge in [0.25, 0.3) is 0 Å². The summed E-state index contributed by atoms with van der Waals surface area (Å²) < 4.78 is 11.5. The van der Waals surface area contributed by atoms with Gasteiger partial charge < -0.3 is 19.4 Å². The molecular formula is C15H21N3O3. The molecule has 1 amide bonds. The number of piperidine rings is 1. The lowest BCUT2D eigenvalue weighted by atomic mass is 9.86. The SMILES string of the molecule is COC1CN(C(=O)C=Cc2cnc[nH]2)CCC12CCCO2. The summed E-state index contributed by atoms with van der Waals surface area (Å²) in [5.74, 6) is -0.000466. The van der Waals surface area contributed by atoms with Crippen molar-refractivity contribution in [3.63, 3.8) is 0 Å². The van der Waals surface area contributed by atoms with Gasteiger partial charge in [0.1, 0.15) is 6.10 Å². The first kappa shape index (κ1) is 14.3. The molecule has 3 heterocycles. The quantitative estimate of drug-likeness (QED) is 0.850. The molecule has 3 rings (SSSR count). The van der Waals surface area contributed by atoms with Crippen molar-refractivity contribution in [3.05, 3.63) is 24.3 Å². The number of ether oxygens (including phenoxy) is 2. The van der Waals surface area contributed by atoms with E-state index in [1.807, 2.05) is 4.90 Å². The van der Waals surface area contributed by atoms with Crippen LogP contribution in [0, 0.1) is 0 Å². The number of methoxy groups -OCH3 is 1. The number of nitrogens with zero attached hydrogens (tertiary/aromatic N) is 2. The molecule has 1 aromatic heterocycles. The highest BCUT2D eigenvalue weighted by atomic mass is 16.5.